The largest absolute Gasteiger partial charge is 0.387 e. The Balaban J connectivity index is 0. The lowest BCUT2D eigenvalue weighted by atomic mass is 10.4. The third-order valence-electron chi connectivity index (χ3n) is 0.950. The molecule has 1 aromatic heterocycles. The summed E-state index contributed by atoms with van der Waals surface area (Å²) in [6, 6.07) is 3.86. The van der Waals surface area contributed by atoms with E-state index in [2.05, 4.69) is 10.3 Å². The monoisotopic (exact) mass is 272 g/mol. The zero-order valence-corrected chi connectivity index (χ0v) is 10.4. The van der Waals surface area contributed by atoms with Gasteiger partial charge in [0.15, 0.2) is 0 Å². The van der Waals surface area contributed by atoms with Gasteiger partial charge in [-0.1, -0.05) is 0 Å². The molecule has 8 nitrogen and oxygen atoms in total. The Bertz CT molecular complexity index is 289. The number of nitrogens with one attached hydrogen (secondary N) is 1. The van der Waals surface area contributed by atoms with Gasteiger partial charge in [0.2, 0.25) is 0 Å². The summed E-state index contributed by atoms with van der Waals surface area (Å²) in [6.07, 6.45) is 3.53. The lowest BCUT2D eigenvalue weighted by molar-refractivity contribution is 0.403. The van der Waals surface area contributed by atoms with Crippen molar-refractivity contribution >= 4 is 22.2 Å². The maximum absolute atomic E-state index is 8.74. The molecular formula is C6H14N2O6P2. The first-order valence-corrected chi connectivity index (χ1v) is 6.42. The van der Waals surface area contributed by atoms with Crippen LogP contribution in [0.25, 0.3) is 0 Å². The molecule has 0 aliphatic rings. The van der Waals surface area contributed by atoms with Crippen LogP contribution in [-0.2, 0) is 9.13 Å². The van der Waals surface area contributed by atoms with E-state index in [0.29, 0.717) is 0 Å². The minimum atomic E-state index is -3.13. The number of pyridine rings is 1. The van der Waals surface area contributed by atoms with Crippen LogP contribution in [0, 0.1) is 0 Å². The molecule has 0 atom stereocenters. The fraction of sp³-hybridized carbons (Fsp3) is 0.167. The summed E-state index contributed by atoms with van der Waals surface area (Å²) in [6.45, 7) is 0. The Morgan fingerprint density at radius 1 is 1.19 bits per heavy atom. The van der Waals surface area contributed by atoms with Crippen LogP contribution >= 0.6 is 16.5 Å². The highest BCUT2D eigenvalue weighted by Crippen LogP contribution is 1.99. The van der Waals surface area contributed by atoms with Crippen molar-refractivity contribution in [1.29, 1.82) is 0 Å². The standard InChI is InChI=1S/C6H8N2.2H3O3P/c1-7-6-3-2-4-8-5-6;2*1-4(2)3/h2-5,7H,1H3;2*4H,(H2,1,2,3). The van der Waals surface area contributed by atoms with Gasteiger partial charge in [0.05, 0.1) is 5.69 Å². The summed E-state index contributed by atoms with van der Waals surface area (Å²) in [5.74, 6) is 0. The van der Waals surface area contributed by atoms with Crippen molar-refractivity contribution in [3.05, 3.63) is 24.5 Å². The number of nitrogens with zero attached hydrogens (tertiary/aromatic N) is 1. The summed E-state index contributed by atoms with van der Waals surface area (Å²) in [7, 11) is -4.39. The molecule has 0 saturated heterocycles. The average Bonchev–Trinajstić information content (AvgIpc) is 2.17. The number of rotatable bonds is 1. The topological polar surface area (TPSA) is 140 Å². The third kappa shape index (κ3) is 23.2. The summed E-state index contributed by atoms with van der Waals surface area (Å²) in [5, 5.41) is 2.96. The van der Waals surface area contributed by atoms with E-state index in [4.69, 9.17) is 28.7 Å². The SMILES string of the molecule is CNc1cccnc1.O=[PH](O)O.O=[PH](O)O. The Kier molecular flexibility index (Phi) is 13.6. The molecule has 0 aromatic carbocycles. The molecular weight excluding hydrogens is 258 g/mol. The van der Waals surface area contributed by atoms with Crippen LogP contribution in [0.4, 0.5) is 5.69 Å². The van der Waals surface area contributed by atoms with Gasteiger partial charge in [-0.25, -0.2) is 0 Å². The van der Waals surface area contributed by atoms with Gasteiger partial charge in [0.1, 0.15) is 0 Å². The van der Waals surface area contributed by atoms with Crippen molar-refractivity contribution in [2.45, 2.75) is 0 Å². The molecule has 94 valence electrons. The van der Waals surface area contributed by atoms with Gasteiger partial charge in [-0.05, 0) is 12.1 Å². The lowest BCUT2D eigenvalue weighted by Crippen LogP contribution is -1.86. The Hall–Kier alpha value is -0.750. The quantitative estimate of drug-likeness (QED) is 0.444. The molecule has 0 bridgehead atoms. The van der Waals surface area contributed by atoms with Crippen molar-refractivity contribution in [2.24, 2.45) is 0 Å². The average molecular weight is 272 g/mol. The van der Waals surface area contributed by atoms with Crippen molar-refractivity contribution < 1.29 is 28.7 Å². The third-order valence-corrected chi connectivity index (χ3v) is 0.950. The van der Waals surface area contributed by atoms with Crippen LogP contribution in [-0.4, -0.2) is 31.6 Å². The molecule has 5 N–H and O–H groups in total. The smallest absolute Gasteiger partial charge is 0.314 e. The summed E-state index contributed by atoms with van der Waals surface area (Å²) in [5.41, 5.74) is 1.05. The molecule has 0 aliphatic heterocycles. The van der Waals surface area contributed by atoms with E-state index in [1.165, 1.54) is 0 Å². The van der Waals surface area contributed by atoms with E-state index in [1.54, 1.807) is 12.4 Å². The zero-order valence-electron chi connectivity index (χ0n) is 8.36. The van der Waals surface area contributed by atoms with Crippen LogP contribution in [0.1, 0.15) is 0 Å². The highest BCUT2D eigenvalue weighted by molar-refractivity contribution is 7.31. The van der Waals surface area contributed by atoms with Gasteiger partial charge in [-0.3, -0.25) is 14.1 Å². The lowest BCUT2D eigenvalue weighted by Gasteiger charge is -1.93. The molecule has 0 unspecified atom stereocenters. The van der Waals surface area contributed by atoms with E-state index in [0.717, 1.165) is 5.69 Å². The predicted molar refractivity (Wildman–Crippen MR) is 60.7 cm³/mol. The fourth-order valence-corrected chi connectivity index (χ4v) is 0.511. The van der Waals surface area contributed by atoms with E-state index in [9.17, 15) is 0 Å². The van der Waals surface area contributed by atoms with Gasteiger partial charge in [-0.15, -0.1) is 0 Å². The van der Waals surface area contributed by atoms with Gasteiger partial charge >= 0.3 is 16.5 Å². The van der Waals surface area contributed by atoms with E-state index in [-0.39, 0.29) is 0 Å². The Morgan fingerprint density at radius 3 is 1.81 bits per heavy atom. The number of anilines is 1. The highest BCUT2D eigenvalue weighted by Gasteiger charge is 1.79. The molecule has 0 saturated carbocycles. The molecule has 16 heavy (non-hydrogen) atoms. The van der Waals surface area contributed by atoms with E-state index in [1.807, 2.05) is 19.2 Å². The molecule has 0 fully saturated rings. The van der Waals surface area contributed by atoms with Gasteiger partial charge in [-0.2, -0.15) is 0 Å². The first-order valence-electron chi connectivity index (χ1n) is 3.81. The fourth-order valence-electron chi connectivity index (χ4n) is 0.511. The summed E-state index contributed by atoms with van der Waals surface area (Å²) in [4.78, 5) is 32.5. The Labute approximate surface area is 93.5 Å². The molecule has 1 aromatic rings. The molecule has 1 rings (SSSR count). The van der Waals surface area contributed by atoms with Crippen LogP contribution in [0.5, 0.6) is 0 Å². The van der Waals surface area contributed by atoms with Crippen LogP contribution in [0.3, 0.4) is 0 Å². The Morgan fingerprint density at radius 2 is 1.62 bits per heavy atom. The molecule has 10 heteroatoms. The van der Waals surface area contributed by atoms with Crippen LogP contribution < -0.4 is 5.32 Å². The van der Waals surface area contributed by atoms with Crippen molar-refractivity contribution in [3.63, 3.8) is 0 Å². The molecule has 0 amide bonds. The van der Waals surface area contributed by atoms with Gasteiger partial charge in [0.25, 0.3) is 0 Å². The number of aromatic nitrogens is 1. The maximum Gasteiger partial charge on any atom is 0.314 e. The highest BCUT2D eigenvalue weighted by atomic mass is 31.1. The van der Waals surface area contributed by atoms with Gasteiger partial charge in [0, 0.05) is 19.4 Å². The van der Waals surface area contributed by atoms with E-state index >= 15 is 0 Å². The first-order chi connectivity index (χ1) is 7.40. The predicted octanol–water partition coefficient (Wildman–Crippen LogP) is -0.155. The van der Waals surface area contributed by atoms with Crippen molar-refractivity contribution in [1.82, 2.24) is 4.98 Å². The first kappa shape index (κ1) is 17.6. The number of hydrogen-bond donors (Lipinski definition) is 5. The van der Waals surface area contributed by atoms with Crippen molar-refractivity contribution in [2.75, 3.05) is 12.4 Å². The van der Waals surface area contributed by atoms with Crippen LogP contribution in [0.2, 0.25) is 0 Å². The normalized spacial score (nSPS) is 8.69. The van der Waals surface area contributed by atoms with E-state index < -0.39 is 16.5 Å². The molecule has 1 heterocycles. The second kappa shape index (κ2) is 12.3. The molecule has 0 aliphatic carbocycles. The minimum Gasteiger partial charge on any atom is -0.387 e. The number of hydrogen-bond acceptors (Lipinski definition) is 4. The zero-order chi connectivity index (χ0) is 13.0. The minimum absolute atomic E-state index is 1.05. The van der Waals surface area contributed by atoms with Crippen molar-refractivity contribution in [3.8, 4) is 0 Å². The molecule has 0 radical (unpaired) electrons. The van der Waals surface area contributed by atoms with Crippen LogP contribution in [0.15, 0.2) is 24.5 Å². The summed E-state index contributed by atoms with van der Waals surface area (Å²) < 4.78 is 17.5. The second-order valence-electron chi connectivity index (χ2n) is 2.06. The molecule has 0 spiro atoms. The van der Waals surface area contributed by atoms with Gasteiger partial charge < -0.3 is 24.9 Å². The second-order valence-corrected chi connectivity index (χ2v) is 3.19. The maximum atomic E-state index is 8.74. The summed E-state index contributed by atoms with van der Waals surface area (Å²) >= 11 is 0.